The maximum absolute atomic E-state index is 13.4. The van der Waals surface area contributed by atoms with Crippen molar-refractivity contribution in [3.8, 4) is 0 Å². The normalized spacial score (nSPS) is 10.7. The van der Waals surface area contributed by atoms with Gasteiger partial charge in [-0.2, -0.15) is 5.10 Å². The highest BCUT2D eigenvalue weighted by Gasteiger charge is 2.13. The summed E-state index contributed by atoms with van der Waals surface area (Å²) in [6.45, 7) is 3.64. The standard InChI is InChI=1S/C13H12F2IN3O/c1-7-13(16)8(2)19(18-7)6-12(20)17-11-5-9(14)3-4-10(11)15/h3-5H,6H2,1-2H3,(H,17,20). The van der Waals surface area contributed by atoms with E-state index in [4.69, 9.17) is 0 Å². The predicted octanol–water partition coefficient (Wildman–Crippen LogP) is 3.02. The number of nitrogens with one attached hydrogen (secondary N) is 1. The smallest absolute Gasteiger partial charge is 0.246 e. The second-order valence-electron chi connectivity index (χ2n) is 4.31. The Balaban J connectivity index is 2.13. The van der Waals surface area contributed by atoms with Gasteiger partial charge in [0, 0.05) is 11.8 Å². The summed E-state index contributed by atoms with van der Waals surface area (Å²) in [6, 6.07) is 2.91. The van der Waals surface area contributed by atoms with Crippen molar-refractivity contribution in [1.29, 1.82) is 0 Å². The Kier molecular flexibility index (Phi) is 4.36. The summed E-state index contributed by atoms with van der Waals surface area (Å²) in [5.74, 6) is -1.75. The first kappa shape index (κ1) is 14.9. The molecule has 0 aliphatic heterocycles. The van der Waals surface area contributed by atoms with E-state index in [0.29, 0.717) is 0 Å². The number of halogens is 3. The van der Waals surface area contributed by atoms with Gasteiger partial charge in [0.2, 0.25) is 5.91 Å². The molecule has 0 aliphatic carbocycles. The first-order chi connectivity index (χ1) is 9.38. The highest BCUT2D eigenvalue weighted by molar-refractivity contribution is 14.1. The maximum atomic E-state index is 13.4. The van der Waals surface area contributed by atoms with Crippen molar-refractivity contribution in [3.63, 3.8) is 0 Å². The largest absolute Gasteiger partial charge is 0.322 e. The zero-order chi connectivity index (χ0) is 14.9. The Morgan fingerprint density at radius 3 is 2.70 bits per heavy atom. The first-order valence-corrected chi connectivity index (χ1v) is 6.90. The van der Waals surface area contributed by atoms with Crippen LogP contribution in [0.2, 0.25) is 0 Å². The average Bonchev–Trinajstić information content (AvgIpc) is 2.61. The molecule has 1 N–H and O–H groups in total. The van der Waals surface area contributed by atoms with Crippen LogP contribution in [0.4, 0.5) is 14.5 Å². The average molecular weight is 391 g/mol. The Labute approximate surface area is 128 Å². The molecule has 4 nitrogen and oxygen atoms in total. The SMILES string of the molecule is Cc1nn(CC(=O)Nc2cc(F)ccc2F)c(C)c1I. The number of amides is 1. The zero-order valence-electron chi connectivity index (χ0n) is 10.9. The predicted molar refractivity (Wildman–Crippen MR) is 79.4 cm³/mol. The number of hydrogen-bond acceptors (Lipinski definition) is 2. The van der Waals surface area contributed by atoms with E-state index in [1.54, 1.807) is 0 Å². The number of benzene rings is 1. The lowest BCUT2D eigenvalue weighted by Crippen LogP contribution is -2.21. The van der Waals surface area contributed by atoms with E-state index in [2.05, 4.69) is 33.0 Å². The topological polar surface area (TPSA) is 46.9 Å². The fourth-order valence-corrected chi connectivity index (χ4v) is 2.13. The number of carbonyl (C=O) groups is 1. The molecular weight excluding hydrogens is 379 g/mol. The van der Waals surface area contributed by atoms with Gasteiger partial charge in [-0.05, 0) is 48.6 Å². The molecule has 0 radical (unpaired) electrons. The molecule has 106 valence electrons. The summed E-state index contributed by atoms with van der Waals surface area (Å²) in [7, 11) is 0. The molecule has 2 rings (SSSR count). The number of nitrogens with zero attached hydrogens (tertiary/aromatic N) is 2. The number of anilines is 1. The monoisotopic (exact) mass is 391 g/mol. The van der Waals surface area contributed by atoms with Crippen LogP contribution < -0.4 is 5.32 Å². The van der Waals surface area contributed by atoms with Gasteiger partial charge >= 0.3 is 0 Å². The molecule has 1 heterocycles. The van der Waals surface area contributed by atoms with E-state index in [9.17, 15) is 13.6 Å². The molecule has 0 bridgehead atoms. The van der Waals surface area contributed by atoms with E-state index >= 15 is 0 Å². The molecule has 1 aromatic heterocycles. The van der Waals surface area contributed by atoms with E-state index in [0.717, 1.165) is 33.2 Å². The van der Waals surface area contributed by atoms with Gasteiger partial charge in [0.1, 0.15) is 18.2 Å². The van der Waals surface area contributed by atoms with Crippen molar-refractivity contribution in [2.24, 2.45) is 0 Å². The number of aromatic nitrogens is 2. The molecule has 0 aliphatic rings. The fraction of sp³-hybridized carbons (Fsp3) is 0.231. The van der Waals surface area contributed by atoms with Gasteiger partial charge in [0.25, 0.3) is 0 Å². The molecule has 0 saturated carbocycles. The van der Waals surface area contributed by atoms with Gasteiger partial charge in [0.15, 0.2) is 0 Å². The lowest BCUT2D eigenvalue weighted by atomic mass is 10.3. The van der Waals surface area contributed by atoms with Crippen molar-refractivity contribution >= 4 is 34.2 Å². The Morgan fingerprint density at radius 2 is 2.10 bits per heavy atom. The third-order valence-corrected chi connectivity index (χ3v) is 4.35. The molecule has 20 heavy (non-hydrogen) atoms. The van der Waals surface area contributed by atoms with Crippen LogP contribution in [0.1, 0.15) is 11.4 Å². The highest BCUT2D eigenvalue weighted by Crippen LogP contribution is 2.17. The minimum atomic E-state index is -0.678. The Morgan fingerprint density at radius 1 is 1.40 bits per heavy atom. The van der Waals surface area contributed by atoms with E-state index < -0.39 is 17.5 Å². The summed E-state index contributed by atoms with van der Waals surface area (Å²) >= 11 is 2.15. The molecule has 1 amide bonds. The molecule has 7 heteroatoms. The summed E-state index contributed by atoms with van der Waals surface area (Å²) in [5, 5.41) is 6.55. The van der Waals surface area contributed by atoms with Crippen LogP contribution >= 0.6 is 22.6 Å². The number of hydrogen-bond donors (Lipinski definition) is 1. The molecule has 0 spiro atoms. The number of rotatable bonds is 3. The highest BCUT2D eigenvalue weighted by atomic mass is 127. The van der Waals surface area contributed by atoms with Crippen molar-refractivity contribution in [3.05, 3.63) is 44.8 Å². The van der Waals surface area contributed by atoms with Crippen LogP contribution in [0.5, 0.6) is 0 Å². The van der Waals surface area contributed by atoms with Gasteiger partial charge in [0.05, 0.1) is 15.0 Å². The van der Waals surface area contributed by atoms with Crippen LogP contribution in [0.3, 0.4) is 0 Å². The summed E-state index contributed by atoms with van der Waals surface area (Å²) in [5.41, 5.74) is 1.51. The third-order valence-electron chi connectivity index (χ3n) is 2.79. The van der Waals surface area contributed by atoms with Crippen LogP contribution in [0.15, 0.2) is 18.2 Å². The molecule has 0 fully saturated rings. The fourth-order valence-electron chi connectivity index (χ4n) is 1.75. The van der Waals surface area contributed by atoms with E-state index in [1.807, 2.05) is 13.8 Å². The number of aryl methyl sites for hydroxylation is 1. The van der Waals surface area contributed by atoms with Crippen LogP contribution in [-0.4, -0.2) is 15.7 Å². The minimum absolute atomic E-state index is 0.0500. The molecule has 0 unspecified atom stereocenters. The number of carbonyl (C=O) groups excluding carboxylic acids is 1. The quantitative estimate of drug-likeness (QED) is 0.818. The van der Waals surface area contributed by atoms with Crippen molar-refractivity contribution in [1.82, 2.24) is 9.78 Å². The lowest BCUT2D eigenvalue weighted by molar-refractivity contribution is -0.117. The zero-order valence-corrected chi connectivity index (χ0v) is 13.0. The molecule has 2 aromatic rings. The van der Waals surface area contributed by atoms with E-state index in [1.165, 1.54) is 4.68 Å². The van der Waals surface area contributed by atoms with Gasteiger partial charge < -0.3 is 5.32 Å². The summed E-state index contributed by atoms with van der Waals surface area (Å²) in [4.78, 5) is 11.9. The first-order valence-electron chi connectivity index (χ1n) is 5.83. The van der Waals surface area contributed by atoms with Crippen LogP contribution in [0.25, 0.3) is 0 Å². The molecule has 1 aromatic carbocycles. The second kappa shape index (κ2) is 5.86. The van der Waals surface area contributed by atoms with Crippen molar-refractivity contribution < 1.29 is 13.6 Å². The second-order valence-corrected chi connectivity index (χ2v) is 5.39. The minimum Gasteiger partial charge on any atom is -0.322 e. The van der Waals surface area contributed by atoms with Crippen LogP contribution in [-0.2, 0) is 11.3 Å². The molecule has 0 atom stereocenters. The Hall–Kier alpha value is -1.51. The molecule has 0 saturated heterocycles. The van der Waals surface area contributed by atoms with Crippen molar-refractivity contribution in [2.45, 2.75) is 20.4 Å². The van der Waals surface area contributed by atoms with Gasteiger partial charge in [-0.25, -0.2) is 8.78 Å². The maximum Gasteiger partial charge on any atom is 0.246 e. The van der Waals surface area contributed by atoms with Gasteiger partial charge in [-0.15, -0.1) is 0 Å². The van der Waals surface area contributed by atoms with Gasteiger partial charge in [-0.1, -0.05) is 0 Å². The third kappa shape index (κ3) is 3.14. The van der Waals surface area contributed by atoms with Crippen molar-refractivity contribution in [2.75, 3.05) is 5.32 Å². The Bertz CT molecular complexity index is 670. The van der Waals surface area contributed by atoms with Crippen LogP contribution in [0, 0.1) is 29.1 Å². The lowest BCUT2D eigenvalue weighted by Gasteiger charge is -2.08. The van der Waals surface area contributed by atoms with E-state index in [-0.39, 0.29) is 12.2 Å². The molecular formula is C13H12F2IN3O. The van der Waals surface area contributed by atoms with Gasteiger partial charge in [-0.3, -0.25) is 9.48 Å². The summed E-state index contributed by atoms with van der Waals surface area (Å²) < 4.78 is 28.9. The summed E-state index contributed by atoms with van der Waals surface area (Å²) in [6.07, 6.45) is 0.